The molecule has 0 radical (unpaired) electrons. The van der Waals surface area contributed by atoms with Gasteiger partial charge >= 0.3 is 0 Å². The highest BCUT2D eigenvalue weighted by atomic mass is 31.0. The zero-order chi connectivity index (χ0) is 23.0. The number of benzene rings is 1. The van der Waals surface area contributed by atoms with Crippen LogP contribution < -0.4 is 9.26 Å². The van der Waals surface area contributed by atoms with Gasteiger partial charge in [0.25, 0.3) is 0 Å². The summed E-state index contributed by atoms with van der Waals surface area (Å²) < 4.78 is 12.0. The molecular weight excluding hydrogens is 399 g/mol. The highest BCUT2D eigenvalue weighted by Crippen LogP contribution is 2.43. The quantitative estimate of drug-likeness (QED) is 0.266. The Morgan fingerprint density at radius 3 is 2.26 bits per heavy atom. The Hall–Kier alpha value is -1.53. The van der Waals surface area contributed by atoms with E-state index in [1.54, 1.807) is 0 Å². The average Bonchev–Trinajstić information content (AvgIpc) is 2.70. The predicted molar refractivity (Wildman–Crippen MR) is 138 cm³/mol. The van der Waals surface area contributed by atoms with E-state index in [0.717, 1.165) is 56.4 Å². The van der Waals surface area contributed by atoms with Crippen molar-refractivity contribution >= 4 is 9.47 Å². The standard InChI is InChI=1S/C28H43O2P/c1-20(2)11-8-12-21(3)13-9-14-22(4)15-10-17-28(7)18-16-25-24(6)26(30-31)19-23(5)27(25)29-28/h11,13,15,19H,8-10,12,14,16-18,31H2,1-7H3/b21-13+,22-15+. The molecule has 0 N–H and O–H groups in total. The first-order valence-electron chi connectivity index (χ1n) is 11.8. The molecule has 172 valence electrons. The fourth-order valence-corrected chi connectivity index (χ4v) is 4.56. The zero-order valence-electron chi connectivity index (χ0n) is 20.9. The maximum Gasteiger partial charge on any atom is 0.126 e. The molecule has 0 fully saturated rings. The third kappa shape index (κ3) is 7.83. The van der Waals surface area contributed by atoms with Gasteiger partial charge in [0.2, 0.25) is 0 Å². The first kappa shape index (κ1) is 25.7. The second-order valence-electron chi connectivity index (χ2n) is 9.79. The molecule has 0 spiro atoms. The number of hydrogen-bond acceptors (Lipinski definition) is 2. The summed E-state index contributed by atoms with van der Waals surface area (Å²) in [5.74, 6) is 2.01. The van der Waals surface area contributed by atoms with Crippen LogP contribution in [0.5, 0.6) is 11.5 Å². The lowest BCUT2D eigenvalue weighted by Gasteiger charge is -2.37. The number of hydrogen-bond donors (Lipinski definition) is 0. The zero-order valence-corrected chi connectivity index (χ0v) is 22.0. The van der Waals surface area contributed by atoms with Crippen molar-refractivity contribution in [1.82, 2.24) is 0 Å². The Balaban J connectivity index is 1.86. The molecule has 0 amide bonds. The molecule has 1 heterocycles. The average molecular weight is 443 g/mol. The lowest BCUT2D eigenvalue weighted by atomic mass is 9.86. The van der Waals surface area contributed by atoms with Crippen LogP contribution in [0.25, 0.3) is 0 Å². The topological polar surface area (TPSA) is 18.5 Å². The summed E-state index contributed by atoms with van der Waals surface area (Å²) in [4.78, 5) is 0. The van der Waals surface area contributed by atoms with Crippen LogP contribution in [0, 0.1) is 13.8 Å². The van der Waals surface area contributed by atoms with Crippen molar-refractivity contribution in [2.45, 2.75) is 105 Å². The Kier molecular flexibility index (Phi) is 9.89. The van der Waals surface area contributed by atoms with Gasteiger partial charge in [-0.05, 0) is 117 Å². The van der Waals surface area contributed by atoms with Gasteiger partial charge in [-0.3, -0.25) is 0 Å². The first-order chi connectivity index (χ1) is 14.6. The minimum atomic E-state index is -0.0915. The predicted octanol–water partition coefficient (Wildman–Crippen LogP) is 8.76. The van der Waals surface area contributed by atoms with Gasteiger partial charge < -0.3 is 9.26 Å². The molecule has 3 heteroatoms. The number of allylic oxidation sites excluding steroid dienone is 6. The molecule has 0 bridgehead atoms. The molecule has 0 aromatic heterocycles. The van der Waals surface area contributed by atoms with Crippen LogP contribution in [-0.4, -0.2) is 5.60 Å². The summed E-state index contributed by atoms with van der Waals surface area (Å²) >= 11 is 0. The lowest BCUT2D eigenvalue weighted by molar-refractivity contribution is 0.0560. The largest absolute Gasteiger partial charge is 0.487 e. The molecular formula is C28H43O2P. The first-order valence-corrected chi connectivity index (χ1v) is 12.3. The molecule has 0 saturated heterocycles. The van der Waals surface area contributed by atoms with E-state index >= 15 is 0 Å². The highest BCUT2D eigenvalue weighted by molar-refractivity contribution is 7.10. The smallest absolute Gasteiger partial charge is 0.126 e. The highest BCUT2D eigenvalue weighted by Gasteiger charge is 2.33. The van der Waals surface area contributed by atoms with Crippen LogP contribution >= 0.6 is 9.47 Å². The third-order valence-electron chi connectivity index (χ3n) is 6.47. The summed E-state index contributed by atoms with van der Waals surface area (Å²) in [6.45, 7) is 15.4. The van der Waals surface area contributed by atoms with Crippen molar-refractivity contribution in [3.8, 4) is 11.5 Å². The molecule has 2 atom stereocenters. The van der Waals surface area contributed by atoms with Crippen LogP contribution in [-0.2, 0) is 6.42 Å². The summed E-state index contributed by atoms with van der Waals surface area (Å²) in [5, 5.41) is 0. The van der Waals surface area contributed by atoms with Gasteiger partial charge in [-0.25, -0.2) is 0 Å². The van der Waals surface area contributed by atoms with Gasteiger partial charge in [0.1, 0.15) is 17.1 Å². The van der Waals surface area contributed by atoms with E-state index in [2.05, 4.69) is 82.2 Å². The monoisotopic (exact) mass is 442 g/mol. The maximum atomic E-state index is 6.57. The number of fused-ring (bicyclic) bond motifs is 1. The van der Waals surface area contributed by atoms with Gasteiger partial charge in [-0.2, -0.15) is 0 Å². The molecule has 2 rings (SSSR count). The number of aryl methyl sites for hydroxylation is 1. The van der Waals surface area contributed by atoms with Crippen LogP contribution in [0.2, 0.25) is 0 Å². The minimum absolute atomic E-state index is 0.0915. The maximum absolute atomic E-state index is 6.57. The lowest BCUT2D eigenvalue weighted by Crippen LogP contribution is -2.36. The van der Waals surface area contributed by atoms with Crippen molar-refractivity contribution in [2.24, 2.45) is 0 Å². The van der Waals surface area contributed by atoms with Crippen LogP contribution in [0.4, 0.5) is 0 Å². The van der Waals surface area contributed by atoms with Gasteiger partial charge in [0, 0.05) is 5.56 Å². The SMILES string of the molecule is CC(C)=CCC/C(C)=C/CC/C(C)=C/CCC1(C)CCc2c(C)c(OP)cc(C)c2O1. The van der Waals surface area contributed by atoms with Gasteiger partial charge in [-0.15, -0.1) is 0 Å². The molecule has 31 heavy (non-hydrogen) atoms. The molecule has 1 aromatic carbocycles. The summed E-state index contributed by atoms with van der Waals surface area (Å²) in [5.41, 5.74) is 8.00. The van der Waals surface area contributed by atoms with E-state index in [9.17, 15) is 0 Å². The van der Waals surface area contributed by atoms with Crippen molar-refractivity contribution in [3.63, 3.8) is 0 Å². The van der Waals surface area contributed by atoms with Crippen LogP contribution in [0.3, 0.4) is 0 Å². The second kappa shape index (κ2) is 11.9. The van der Waals surface area contributed by atoms with Gasteiger partial charge in [0.15, 0.2) is 0 Å². The summed E-state index contributed by atoms with van der Waals surface area (Å²) in [6.07, 6.45) is 16.0. The number of rotatable bonds is 10. The molecule has 0 saturated carbocycles. The molecule has 1 aromatic rings. The van der Waals surface area contributed by atoms with Crippen molar-refractivity contribution in [1.29, 1.82) is 0 Å². The summed E-state index contributed by atoms with van der Waals surface area (Å²) in [6, 6.07) is 2.09. The van der Waals surface area contributed by atoms with Crippen molar-refractivity contribution < 1.29 is 9.26 Å². The molecule has 0 aliphatic carbocycles. The van der Waals surface area contributed by atoms with Crippen LogP contribution in [0.1, 0.15) is 96.3 Å². The molecule has 1 aliphatic heterocycles. The fourth-order valence-electron chi connectivity index (χ4n) is 4.32. The molecule has 2 unspecified atom stereocenters. The van der Waals surface area contributed by atoms with Crippen LogP contribution in [0.15, 0.2) is 41.0 Å². The van der Waals surface area contributed by atoms with E-state index in [1.165, 1.54) is 39.8 Å². The summed E-state index contributed by atoms with van der Waals surface area (Å²) in [7, 11) is 2.36. The van der Waals surface area contributed by atoms with E-state index in [4.69, 9.17) is 9.26 Å². The Bertz CT molecular complexity index is 843. The van der Waals surface area contributed by atoms with Gasteiger partial charge in [-0.1, -0.05) is 34.9 Å². The molecule has 2 nitrogen and oxygen atoms in total. The second-order valence-corrected chi connectivity index (χ2v) is 10.0. The van der Waals surface area contributed by atoms with E-state index in [-0.39, 0.29) is 5.60 Å². The Labute approximate surface area is 193 Å². The third-order valence-corrected chi connectivity index (χ3v) is 6.72. The van der Waals surface area contributed by atoms with Crippen molar-refractivity contribution in [2.75, 3.05) is 0 Å². The van der Waals surface area contributed by atoms with E-state index < -0.39 is 0 Å². The molecule has 1 aliphatic rings. The minimum Gasteiger partial charge on any atom is -0.487 e. The fraction of sp³-hybridized carbons (Fsp3) is 0.571. The Morgan fingerprint density at radius 2 is 1.65 bits per heavy atom. The van der Waals surface area contributed by atoms with E-state index in [0.29, 0.717) is 0 Å². The van der Waals surface area contributed by atoms with Gasteiger partial charge in [0.05, 0.1) is 9.47 Å². The number of ether oxygens (including phenoxy) is 1. The van der Waals surface area contributed by atoms with Crippen molar-refractivity contribution in [3.05, 3.63) is 57.7 Å². The Morgan fingerprint density at radius 1 is 1.03 bits per heavy atom. The normalized spacial score (nSPS) is 19.0. The van der Waals surface area contributed by atoms with E-state index in [1.807, 2.05) is 0 Å².